The molecule has 3 rings (SSSR count). The standard InChI is InChI=1S/C18H27FN2/c1-18(2,3)20-10-13-6-5-9-16(19)17(13)21-11-14-7-4-8-15(14)12-21/h5-6,9,14-15,20H,4,7-8,10-12H2,1-3H3. The van der Waals surface area contributed by atoms with Crippen molar-refractivity contribution < 1.29 is 4.39 Å². The second-order valence-corrected chi connectivity index (χ2v) is 7.71. The van der Waals surface area contributed by atoms with Crippen LogP contribution in [0.2, 0.25) is 0 Å². The summed E-state index contributed by atoms with van der Waals surface area (Å²) in [7, 11) is 0. The smallest absolute Gasteiger partial charge is 0.146 e. The van der Waals surface area contributed by atoms with Gasteiger partial charge in [-0.3, -0.25) is 0 Å². The highest BCUT2D eigenvalue weighted by atomic mass is 19.1. The van der Waals surface area contributed by atoms with E-state index in [0.717, 1.165) is 42.7 Å². The Hall–Kier alpha value is -1.09. The Morgan fingerprint density at radius 3 is 2.48 bits per heavy atom. The van der Waals surface area contributed by atoms with E-state index in [1.807, 2.05) is 6.07 Å². The number of fused-ring (bicyclic) bond motifs is 1. The number of benzene rings is 1. The van der Waals surface area contributed by atoms with E-state index in [2.05, 4.69) is 37.1 Å². The molecular formula is C18H27FN2. The van der Waals surface area contributed by atoms with Crippen molar-refractivity contribution in [2.24, 2.45) is 11.8 Å². The lowest BCUT2D eigenvalue weighted by Gasteiger charge is -2.26. The summed E-state index contributed by atoms with van der Waals surface area (Å²) < 4.78 is 14.4. The summed E-state index contributed by atoms with van der Waals surface area (Å²) in [4.78, 5) is 2.30. The Morgan fingerprint density at radius 1 is 1.19 bits per heavy atom. The molecule has 1 saturated heterocycles. The second-order valence-electron chi connectivity index (χ2n) is 7.71. The maximum absolute atomic E-state index is 14.4. The molecule has 1 heterocycles. The van der Waals surface area contributed by atoms with Crippen LogP contribution in [0, 0.1) is 17.7 Å². The van der Waals surface area contributed by atoms with Crippen LogP contribution in [0.1, 0.15) is 45.6 Å². The number of nitrogens with zero attached hydrogens (tertiary/aromatic N) is 1. The first kappa shape index (κ1) is 14.8. The van der Waals surface area contributed by atoms with Crippen LogP contribution in [0.15, 0.2) is 18.2 Å². The van der Waals surface area contributed by atoms with Gasteiger partial charge in [0.15, 0.2) is 0 Å². The number of para-hydroxylation sites is 1. The highest BCUT2D eigenvalue weighted by molar-refractivity contribution is 5.56. The third-order valence-electron chi connectivity index (χ3n) is 4.92. The summed E-state index contributed by atoms with van der Waals surface area (Å²) in [5.41, 5.74) is 1.97. The highest BCUT2D eigenvalue weighted by Gasteiger charge is 2.37. The number of hydrogen-bond donors (Lipinski definition) is 1. The average Bonchev–Trinajstić information content (AvgIpc) is 2.96. The van der Waals surface area contributed by atoms with Crippen molar-refractivity contribution in [3.63, 3.8) is 0 Å². The molecule has 2 unspecified atom stereocenters. The quantitative estimate of drug-likeness (QED) is 0.906. The van der Waals surface area contributed by atoms with Gasteiger partial charge in [0.2, 0.25) is 0 Å². The Kier molecular flexibility index (Phi) is 3.96. The second kappa shape index (κ2) is 5.60. The molecule has 1 aromatic carbocycles. The molecule has 1 aromatic rings. The van der Waals surface area contributed by atoms with E-state index in [1.54, 1.807) is 6.07 Å². The van der Waals surface area contributed by atoms with Gasteiger partial charge in [-0.1, -0.05) is 18.6 Å². The zero-order chi connectivity index (χ0) is 15.0. The van der Waals surface area contributed by atoms with Gasteiger partial charge in [-0.2, -0.15) is 0 Å². The van der Waals surface area contributed by atoms with E-state index >= 15 is 0 Å². The summed E-state index contributed by atoms with van der Waals surface area (Å²) >= 11 is 0. The molecule has 1 N–H and O–H groups in total. The summed E-state index contributed by atoms with van der Waals surface area (Å²) in [5.74, 6) is 1.50. The van der Waals surface area contributed by atoms with Crippen molar-refractivity contribution in [3.8, 4) is 0 Å². The van der Waals surface area contributed by atoms with Crippen LogP contribution < -0.4 is 10.2 Å². The molecule has 116 valence electrons. The monoisotopic (exact) mass is 290 g/mol. The van der Waals surface area contributed by atoms with Crippen molar-refractivity contribution in [3.05, 3.63) is 29.6 Å². The number of halogens is 1. The van der Waals surface area contributed by atoms with Gasteiger partial charge < -0.3 is 10.2 Å². The summed E-state index contributed by atoms with van der Waals surface area (Å²) in [5, 5.41) is 3.49. The van der Waals surface area contributed by atoms with Crippen LogP contribution in [0.5, 0.6) is 0 Å². The van der Waals surface area contributed by atoms with Crippen molar-refractivity contribution in [1.82, 2.24) is 5.32 Å². The third-order valence-corrected chi connectivity index (χ3v) is 4.92. The predicted molar refractivity (Wildman–Crippen MR) is 86.0 cm³/mol. The van der Waals surface area contributed by atoms with Crippen LogP contribution >= 0.6 is 0 Å². The Labute approximate surface area is 127 Å². The number of hydrogen-bond acceptors (Lipinski definition) is 2. The van der Waals surface area contributed by atoms with Gasteiger partial charge in [0.1, 0.15) is 5.82 Å². The van der Waals surface area contributed by atoms with Gasteiger partial charge in [0, 0.05) is 25.2 Å². The largest absolute Gasteiger partial charge is 0.368 e. The van der Waals surface area contributed by atoms with Crippen molar-refractivity contribution in [2.45, 2.75) is 52.1 Å². The van der Waals surface area contributed by atoms with E-state index in [0.29, 0.717) is 0 Å². The fraction of sp³-hybridized carbons (Fsp3) is 0.667. The first-order valence-corrected chi connectivity index (χ1v) is 8.21. The minimum absolute atomic E-state index is 0.0467. The van der Waals surface area contributed by atoms with E-state index < -0.39 is 0 Å². The maximum Gasteiger partial charge on any atom is 0.146 e. The molecule has 2 atom stereocenters. The lowest BCUT2D eigenvalue weighted by atomic mass is 10.0. The molecule has 1 saturated carbocycles. The van der Waals surface area contributed by atoms with E-state index in [4.69, 9.17) is 0 Å². The minimum atomic E-state index is -0.0665. The Morgan fingerprint density at radius 2 is 1.86 bits per heavy atom. The molecule has 1 aliphatic heterocycles. The van der Waals surface area contributed by atoms with Gasteiger partial charge in [-0.15, -0.1) is 0 Å². The predicted octanol–water partition coefficient (Wildman–Crippen LogP) is 3.95. The molecule has 21 heavy (non-hydrogen) atoms. The minimum Gasteiger partial charge on any atom is -0.368 e. The molecule has 1 aliphatic carbocycles. The molecule has 3 heteroatoms. The van der Waals surface area contributed by atoms with E-state index in [9.17, 15) is 4.39 Å². The molecule has 2 fully saturated rings. The summed E-state index contributed by atoms with van der Waals surface area (Å²) in [6, 6.07) is 5.49. The van der Waals surface area contributed by atoms with Gasteiger partial charge in [0.05, 0.1) is 5.69 Å². The fourth-order valence-corrected chi connectivity index (χ4v) is 3.83. The molecular weight excluding hydrogens is 263 g/mol. The molecule has 2 nitrogen and oxygen atoms in total. The molecule has 0 bridgehead atoms. The molecule has 0 radical (unpaired) electrons. The molecule has 0 amide bonds. The number of rotatable bonds is 3. The van der Waals surface area contributed by atoms with Crippen molar-refractivity contribution in [2.75, 3.05) is 18.0 Å². The first-order chi connectivity index (χ1) is 9.94. The normalized spacial score (nSPS) is 25.4. The van der Waals surface area contributed by atoms with Gasteiger partial charge in [-0.05, 0) is 57.1 Å². The van der Waals surface area contributed by atoms with E-state index in [-0.39, 0.29) is 11.4 Å². The lowest BCUT2D eigenvalue weighted by molar-refractivity contribution is 0.423. The van der Waals surface area contributed by atoms with Gasteiger partial charge in [-0.25, -0.2) is 4.39 Å². The Bertz CT molecular complexity index is 494. The first-order valence-electron chi connectivity index (χ1n) is 8.21. The topological polar surface area (TPSA) is 15.3 Å². The van der Waals surface area contributed by atoms with Gasteiger partial charge >= 0.3 is 0 Å². The summed E-state index contributed by atoms with van der Waals surface area (Å²) in [6.07, 6.45) is 4.01. The molecule has 0 spiro atoms. The lowest BCUT2D eigenvalue weighted by Crippen LogP contribution is -2.36. The van der Waals surface area contributed by atoms with Gasteiger partial charge in [0.25, 0.3) is 0 Å². The van der Waals surface area contributed by atoms with Crippen LogP contribution in [0.4, 0.5) is 10.1 Å². The van der Waals surface area contributed by atoms with E-state index in [1.165, 1.54) is 19.3 Å². The number of nitrogens with one attached hydrogen (secondary N) is 1. The highest BCUT2D eigenvalue weighted by Crippen LogP contribution is 2.41. The van der Waals surface area contributed by atoms with Crippen molar-refractivity contribution in [1.29, 1.82) is 0 Å². The average molecular weight is 290 g/mol. The SMILES string of the molecule is CC(C)(C)NCc1cccc(F)c1N1CC2CCCC2C1. The molecule has 0 aromatic heterocycles. The summed E-state index contributed by atoms with van der Waals surface area (Å²) in [6.45, 7) is 9.23. The Balaban J connectivity index is 1.80. The third kappa shape index (κ3) is 3.23. The maximum atomic E-state index is 14.4. The molecule has 2 aliphatic rings. The zero-order valence-corrected chi connectivity index (χ0v) is 13.5. The van der Waals surface area contributed by atoms with Crippen LogP contribution in [0.3, 0.4) is 0 Å². The van der Waals surface area contributed by atoms with Crippen molar-refractivity contribution >= 4 is 5.69 Å². The van der Waals surface area contributed by atoms with Crippen LogP contribution in [-0.2, 0) is 6.54 Å². The zero-order valence-electron chi connectivity index (χ0n) is 13.5. The van der Waals surface area contributed by atoms with Crippen LogP contribution in [0.25, 0.3) is 0 Å². The number of anilines is 1. The fourth-order valence-electron chi connectivity index (χ4n) is 3.83. The van der Waals surface area contributed by atoms with Crippen LogP contribution in [-0.4, -0.2) is 18.6 Å².